The number of anilines is 1. The highest BCUT2D eigenvalue weighted by atomic mass is 32.1. The topological polar surface area (TPSA) is 122 Å². The molecule has 5 amide bonds. The van der Waals surface area contributed by atoms with Gasteiger partial charge in [0, 0.05) is 4.88 Å². The van der Waals surface area contributed by atoms with Crippen molar-refractivity contribution in [3.8, 4) is 0 Å². The molecular weight excluding hydrogens is 440 g/mol. The van der Waals surface area contributed by atoms with E-state index in [4.69, 9.17) is 5.73 Å². The van der Waals surface area contributed by atoms with Crippen LogP contribution < -0.4 is 16.4 Å². The number of fused-ring (bicyclic) bond motifs is 1. The summed E-state index contributed by atoms with van der Waals surface area (Å²) in [4.78, 5) is 52.6. The summed E-state index contributed by atoms with van der Waals surface area (Å²) >= 11 is 1.34. The Morgan fingerprint density at radius 3 is 2.55 bits per heavy atom. The minimum absolute atomic E-state index is 0.345. The molecule has 1 aliphatic carbocycles. The van der Waals surface area contributed by atoms with Crippen molar-refractivity contribution < 1.29 is 19.2 Å². The molecule has 1 atom stereocenters. The van der Waals surface area contributed by atoms with E-state index in [-0.39, 0.29) is 0 Å². The molecule has 9 heteroatoms. The summed E-state index contributed by atoms with van der Waals surface area (Å²) in [6.45, 7) is 3.28. The molecule has 0 spiro atoms. The van der Waals surface area contributed by atoms with Crippen molar-refractivity contribution in [1.82, 2.24) is 10.2 Å². The van der Waals surface area contributed by atoms with Crippen LogP contribution in [0.25, 0.3) is 0 Å². The average Bonchev–Trinajstić information content (AvgIpc) is 3.24. The van der Waals surface area contributed by atoms with Crippen molar-refractivity contribution in [3.63, 3.8) is 0 Å². The summed E-state index contributed by atoms with van der Waals surface area (Å²) in [5.41, 5.74) is 7.40. The van der Waals surface area contributed by atoms with Gasteiger partial charge >= 0.3 is 6.03 Å². The van der Waals surface area contributed by atoms with Crippen LogP contribution in [0.4, 0.5) is 9.80 Å². The molecule has 4 rings (SSSR count). The maximum atomic E-state index is 13.2. The average molecular weight is 469 g/mol. The van der Waals surface area contributed by atoms with Crippen molar-refractivity contribution >= 4 is 40.1 Å². The van der Waals surface area contributed by atoms with Gasteiger partial charge in [-0.15, -0.1) is 11.3 Å². The molecule has 2 aromatic rings. The quantitative estimate of drug-likeness (QED) is 0.541. The van der Waals surface area contributed by atoms with Crippen molar-refractivity contribution in [3.05, 3.63) is 51.4 Å². The van der Waals surface area contributed by atoms with Gasteiger partial charge in [0.2, 0.25) is 5.91 Å². The lowest BCUT2D eigenvalue weighted by Gasteiger charge is -2.22. The Hall–Kier alpha value is -3.20. The number of benzene rings is 1. The number of carbonyl (C=O) groups excluding carboxylic acids is 4. The molecule has 2 aliphatic rings. The summed E-state index contributed by atoms with van der Waals surface area (Å²) in [5, 5.41) is 5.82. The van der Waals surface area contributed by atoms with E-state index in [1.165, 1.54) is 11.3 Å². The molecule has 0 radical (unpaired) electrons. The van der Waals surface area contributed by atoms with Gasteiger partial charge in [0.1, 0.15) is 17.1 Å². The van der Waals surface area contributed by atoms with E-state index in [1.54, 1.807) is 6.92 Å². The number of hydrogen-bond donors (Lipinski definition) is 3. The first-order chi connectivity index (χ1) is 15.7. The Morgan fingerprint density at radius 1 is 1.18 bits per heavy atom. The van der Waals surface area contributed by atoms with E-state index in [2.05, 4.69) is 17.6 Å². The first-order valence-corrected chi connectivity index (χ1v) is 12.0. The number of thiophene rings is 1. The highest BCUT2D eigenvalue weighted by Gasteiger charge is 2.49. The second kappa shape index (κ2) is 8.97. The SMILES string of the molecule is CCCc1ccc(C2(C)NC(=O)N(CC(=O)Nc3sc4c(c3C(N)=O)CCCC4)C2=O)cc1. The normalized spacial score (nSPS) is 19.9. The zero-order chi connectivity index (χ0) is 23.8. The highest BCUT2D eigenvalue weighted by Crippen LogP contribution is 2.38. The zero-order valence-electron chi connectivity index (χ0n) is 18.8. The Kier molecular flexibility index (Phi) is 6.25. The molecular formula is C24H28N4O4S. The Balaban J connectivity index is 1.50. The summed E-state index contributed by atoms with van der Waals surface area (Å²) < 4.78 is 0. The smallest absolute Gasteiger partial charge is 0.325 e. The second-order valence-electron chi connectivity index (χ2n) is 8.72. The van der Waals surface area contributed by atoms with Crippen LogP contribution in [0.1, 0.15) is 65.0 Å². The van der Waals surface area contributed by atoms with Gasteiger partial charge < -0.3 is 16.4 Å². The standard InChI is InChI=1S/C24H28N4O4S/c1-3-6-14-9-11-15(12-10-14)24(2)22(31)28(23(32)27-24)13-18(29)26-21-19(20(25)30)16-7-4-5-8-17(16)33-21/h9-12H,3-8,13H2,1-2H3,(H2,25,30)(H,26,29)(H,27,32). The summed E-state index contributed by atoms with van der Waals surface area (Å²) in [6, 6.07) is 6.94. The zero-order valence-corrected chi connectivity index (χ0v) is 19.6. The predicted molar refractivity (Wildman–Crippen MR) is 126 cm³/mol. The van der Waals surface area contributed by atoms with Gasteiger partial charge in [0.05, 0.1) is 5.56 Å². The third kappa shape index (κ3) is 4.25. The fourth-order valence-corrected chi connectivity index (χ4v) is 5.86. The summed E-state index contributed by atoms with van der Waals surface area (Å²) in [5.74, 6) is -1.63. The van der Waals surface area contributed by atoms with Crippen LogP contribution in [0.5, 0.6) is 0 Å². The molecule has 0 saturated carbocycles. The maximum absolute atomic E-state index is 13.2. The number of nitrogens with one attached hydrogen (secondary N) is 2. The third-order valence-corrected chi connectivity index (χ3v) is 7.52. The van der Waals surface area contributed by atoms with Gasteiger partial charge in [-0.3, -0.25) is 19.3 Å². The van der Waals surface area contributed by atoms with Gasteiger partial charge in [-0.1, -0.05) is 37.6 Å². The Bertz CT molecular complexity index is 1120. The first kappa shape index (κ1) is 23.0. The fourth-order valence-electron chi connectivity index (χ4n) is 4.55. The van der Waals surface area contributed by atoms with Crippen molar-refractivity contribution in [2.75, 3.05) is 11.9 Å². The molecule has 8 nitrogen and oxygen atoms in total. The van der Waals surface area contributed by atoms with Gasteiger partial charge in [-0.2, -0.15) is 0 Å². The van der Waals surface area contributed by atoms with E-state index in [0.29, 0.717) is 16.1 Å². The van der Waals surface area contributed by atoms with Crippen LogP contribution in [0.3, 0.4) is 0 Å². The summed E-state index contributed by atoms with van der Waals surface area (Å²) in [6.07, 6.45) is 5.54. The van der Waals surface area contributed by atoms with Crippen LogP contribution in [0.15, 0.2) is 24.3 Å². The lowest BCUT2D eigenvalue weighted by atomic mass is 9.91. The van der Waals surface area contributed by atoms with Crippen molar-refractivity contribution in [2.24, 2.45) is 5.73 Å². The van der Waals surface area contributed by atoms with Crippen molar-refractivity contribution in [1.29, 1.82) is 0 Å². The second-order valence-corrected chi connectivity index (χ2v) is 9.83. The van der Waals surface area contributed by atoms with Gasteiger partial charge in [0.15, 0.2) is 0 Å². The molecule has 0 bridgehead atoms. The third-order valence-electron chi connectivity index (χ3n) is 6.32. The minimum Gasteiger partial charge on any atom is -0.365 e. The maximum Gasteiger partial charge on any atom is 0.325 e. The lowest BCUT2D eigenvalue weighted by Crippen LogP contribution is -2.42. The number of carbonyl (C=O) groups is 4. The predicted octanol–water partition coefficient (Wildman–Crippen LogP) is 3.08. The Morgan fingerprint density at radius 2 is 1.88 bits per heavy atom. The molecule has 1 aromatic heterocycles. The van der Waals surface area contributed by atoms with Gasteiger partial charge in [-0.25, -0.2) is 4.79 Å². The molecule has 2 heterocycles. The minimum atomic E-state index is -1.25. The van der Waals surface area contributed by atoms with E-state index < -0.39 is 35.8 Å². The van der Waals surface area contributed by atoms with Crippen LogP contribution in [-0.4, -0.2) is 35.2 Å². The molecule has 174 valence electrons. The Labute approximate surface area is 196 Å². The number of urea groups is 1. The van der Waals surface area contributed by atoms with Gasteiger partial charge in [-0.05, 0) is 55.7 Å². The fraction of sp³-hybridized carbons (Fsp3) is 0.417. The van der Waals surface area contributed by atoms with Crippen LogP contribution in [0, 0.1) is 0 Å². The number of rotatable bonds is 7. The molecule has 33 heavy (non-hydrogen) atoms. The number of imide groups is 1. The highest BCUT2D eigenvalue weighted by molar-refractivity contribution is 7.17. The molecule has 4 N–H and O–H groups in total. The molecule has 1 aliphatic heterocycles. The van der Waals surface area contributed by atoms with Gasteiger partial charge in [0.25, 0.3) is 11.8 Å². The largest absolute Gasteiger partial charge is 0.365 e. The number of hydrogen-bond acceptors (Lipinski definition) is 5. The van der Waals surface area contributed by atoms with E-state index >= 15 is 0 Å². The van der Waals surface area contributed by atoms with Crippen molar-refractivity contribution in [2.45, 2.75) is 57.9 Å². The summed E-state index contributed by atoms with van der Waals surface area (Å²) in [7, 11) is 0. The molecule has 1 saturated heterocycles. The number of amides is 5. The first-order valence-electron chi connectivity index (χ1n) is 11.2. The molecule has 1 fully saturated rings. The van der Waals surface area contributed by atoms with E-state index in [0.717, 1.165) is 59.4 Å². The van der Waals surface area contributed by atoms with E-state index in [1.807, 2.05) is 24.3 Å². The monoisotopic (exact) mass is 468 g/mol. The van der Waals surface area contributed by atoms with Crippen LogP contribution in [-0.2, 0) is 34.4 Å². The number of nitrogens with zero attached hydrogens (tertiary/aromatic N) is 1. The molecule has 1 aromatic carbocycles. The van der Waals surface area contributed by atoms with Crippen LogP contribution in [0.2, 0.25) is 0 Å². The number of aryl methyl sites for hydroxylation is 2. The lowest BCUT2D eigenvalue weighted by molar-refractivity contribution is -0.133. The van der Waals surface area contributed by atoms with E-state index in [9.17, 15) is 19.2 Å². The number of primary amides is 1. The molecule has 1 unspecified atom stereocenters. The number of nitrogens with two attached hydrogens (primary N) is 1. The van der Waals surface area contributed by atoms with Crippen LogP contribution >= 0.6 is 11.3 Å².